The van der Waals surface area contributed by atoms with Crippen LogP contribution in [0.25, 0.3) is 10.2 Å². The van der Waals surface area contributed by atoms with Gasteiger partial charge < -0.3 is 10.1 Å². The third kappa shape index (κ3) is 4.28. The van der Waals surface area contributed by atoms with Gasteiger partial charge in [0.05, 0.1) is 5.39 Å². The van der Waals surface area contributed by atoms with Gasteiger partial charge in [0.15, 0.2) is 5.82 Å². The molecule has 25 heavy (non-hydrogen) atoms. The molecule has 134 valence electrons. The minimum atomic E-state index is -0.500. The predicted octanol–water partition coefficient (Wildman–Crippen LogP) is 5.35. The maximum absolute atomic E-state index is 5.58. The number of thiophene rings is 1. The second-order valence-corrected chi connectivity index (χ2v) is 8.21. The molecule has 1 N–H and O–H groups in total. The minimum Gasteiger partial charge on any atom is -0.371 e. The Morgan fingerprint density at radius 1 is 1.28 bits per heavy atom. The molecule has 2 heterocycles. The fourth-order valence-corrected chi connectivity index (χ4v) is 3.77. The number of methoxy groups -OCH3 is 1. The molecule has 1 aliphatic rings. The van der Waals surface area contributed by atoms with E-state index in [4.69, 9.17) is 14.7 Å². The van der Waals surface area contributed by atoms with E-state index in [-0.39, 0.29) is 0 Å². The van der Waals surface area contributed by atoms with Crippen molar-refractivity contribution in [1.29, 1.82) is 0 Å². The van der Waals surface area contributed by atoms with E-state index < -0.39 is 5.60 Å². The van der Waals surface area contributed by atoms with Gasteiger partial charge in [-0.1, -0.05) is 23.8 Å². The first-order chi connectivity index (χ1) is 12.0. The first-order valence-electron chi connectivity index (χ1n) is 8.93. The predicted molar refractivity (Wildman–Crippen MR) is 106 cm³/mol. The monoisotopic (exact) mass is 357 g/mol. The van der Waals surface area contributed by atoms with Crippen molar-refractivity contribution in [2.24, 2.45) is 0 Å². The number of anilines is 1. The number of nitrogens with one attached hydrogen (secondary N) is 1. The highest BCUT2D eigenvalue weighted by atomic mass is 32.1. The first-order valence-corrected chi connectivity index (χ1v) is 9.74. The molecule has 2 aromatic heterocycles. The highest BCUT2D eigenvalue weighted by Crippen LogP contribution is 2.32. The van der Waals surface area contributed by atoms with Crippen molar-refractivity contribution >= 4 is 27.4 Å². The van der Waals surface area contributed by atoms with E-state index >= 15 is 0 Å². The lowest BCUT2D eigenvalue weighted by molar-refractivity contribution is 0.0119. The third-order valence-corrected chi connectivity index (χ3v) is 5.52. The van der Waals surface area contributed by atoms with E-state index in [1.807, 2.05) is 13.8 Å². The molecular weight excluding hydrogens is 330 g/mol. The summed E-state index contributed by atoms with van der Waals surface area (Å²) in [5, 5.41) is 4.63. The second-order valence-electron chi connectivity index (χ2n) is 6.98. The van der Waals surface area contributed by atoms with Gasteiger partial charge >= 0.3 is 0 Å². The molecule has 0 amide bonds. The lowest BCUT2D eigenvalue weighted by atomic mass is 10.0. The first kappa shape index (κ1) is 18.1. The Morgan fingerprint density at radius 3 is 2.84 bits per heavy atom. The normalized spacial score (nSPS) is 14.8. The average Bonchev–Trinajstić information content (AvgIpc) is 2.99. The van der Waals surface area contributed by atoms with Crippen LogP contribution in [0.15, 0.2) is 29.9 Å². The van der Waals surface area contributed by atoms with Crippen molar-refractivity contribution in [3.63, 3.8) is 0 Å². The van der Waals surface area contributed by atoms with Crippen LogP contribution in [-0.4, -0.2) is 23.6 Å². The summed E-state index contributed by atoms with van der Waals surface area (Å²) in [4.78, 5) is 11.8. The number of hydrogen-bond donors (Lipinski definition) is 1. The lowest BCUT2D eigenvalue weighted by Gasteiger charge is -2.22. The van der Waals surface area contributed by atoms with Crippen LogP contribution < -0.4 is 5.32 Å². The second kappa shape index (κ2) is 7.67. The summed E-state index contributed by atoms with van der Waals surface area (Å²) in [7, 11) is 1.70. The molecular formula is C20H27N3OS. The number of rotatable bonds is 7. The van der Waals surface area contributed by atoms with Crippen LogP contribution in [0.3, 0.4) is 0 Å². The van der Waals surface area contributed by atoms with Gasteiger partial charge in [-0.05, 0) is 52.5 Å². The molecule has 0 saturated carbocycles. The summed E-state index contributed by atoms with van der Waals surface area (Å²) >= 11 is 1.70. The Morgan fingerprint density at radius 2 is 2.12 bits per heavy atom. The number of fused-ring (bicyclic) bond motifs is 1. The molecule has 2 aromatic rings. The summed E-state index contributed by atoms with van der Waals surface area (Å²) in [5.74, 6) is 1.65. The zero-order valence-electron chi connectivity index (χ0n) is 15.6. The molecule has 5 heteroatoms. The van der Waals surface area contributed by atoms with Gasteiger partial charge in [-0.2, -0.15) is 0 Å². The van der Waals surface area contributed by atoms with Crippen LogP contribution in [-0.2, 0) is 10.3 Å². The highest BCUT2D eigenvalue weighted by Gasteiger charge is 2.25. The Balaban J connectivity index is 1.75. The molecule has 0 aliphatic heterocycles. The smallest absolute Gasteiger partial charge is 0.163 e. The summed E-state index contributed by atoms with van der Waals surface area (Å²) < 4.78 is 5.58. The highest BCUT2D eigenvalue weighted by molar-refractivity contribution is 7.18. The van der Waals surface area contributed by atoms with Crippen molar-refractivity contribution in [1.82, 2.24) is 9.97 Å². The van der Waals surface area contributed by atoms with Crippen LogP contribution in [0.2, 0.25) is 0 Å². The SMILES string of the molecule is COC(C)(C)c1nc(NCCCC2=CCCC=C2)c2cc(C)sc2n1. The van der Waals surface area contributed by atoms with Gasteiger partial charge in [-0.25, -0.2) is 9.97 Å². The Labute approximate surface area is 154 Å². The summed E-state index contributed by atoms with van der Waals surface area (Å²) in [6, 6.07) is 2.16. The van der Waals surface area contributed by atoms with Gasteiger partial charge in [0.2, 0.25) is 0 Å². The quantitative estimate of drug-likeness (QED) is 0.679. The van der Waals surface area contributed by atoms with Crippen LogP contribution in [0.4, 0.5) is 5.82 Å². The Kier molecular flexibility index (Phi) is 5.54. The van der Waals surface area contributed by atoms with E-state index in [9.17, 15) is 0 Å². The number of nitrogens with zero attached hydrogens (tertiary/aromatic N) is 2. The van der Waals surface area contributed by atoms with Gasteiger partial charge in [0, 0.05) is 18.5 Å². The number of hydrogen-bond acceptors (Lipinski definition) is 5. The molecule has 0 spiro atoms. The number of ether oxygens (including phenoxy) is 1. The molecule has 0 fully saturated rings. The van der Waals surface area contributed by atoms with E-state index in [0.29, 0.717) is 0 Å². The summed E-state index contributed by atoms with van der Waals surface area (Å²) in [6.45, 7) is 7.01. The molecule has 0 radical (unpaired) electrons. The zero-order chi connectivity index (χ0) is 17.9. The minimum absolute atomic E-state index is 0.500. The van der Waals surface area contributed by atoms with Gasteiger partial charge in [0.1, 0.15) is 16.2 Å². The molecule has 0 bridgehead atoms. The molecule has 0 unspecified atom stereocenters. The fraction of sp³-hybridized carbons (Fsp3) is 0.500. The molecule has 0 atom stereocenters. The number of allylic oxidation sites excluding steroid dienone is 4. The van der Waals surface area contributed by atoms with E-state index in [1.165, 1.54) is 23.3 Å². The van der Waals surface area contributed by atoms with Crippen LogP contribution in [0.1, 0.15) is 50.2 Å². The summed E-state index contributed by atoms with van der Waals surface area (Å²) in [5.41, 5.74) is 0.953. The largest absolute Gasteiger partial charge is 0.371 e. The van der Waals surface area contributed by atoms with Gasteiger partial charge in [-0.15, -0.1) is 11.3 Å². The fourth-order valence-electron chi connectivity index (χ4n) is 2.89. The number of aryl methyl sites for hydroxylation is 1. The molecule has 4 nitrogen and oxygen atoms in total. The van der Waals surface area contributed by atoms with Crippen molar-refractivity contribution in [2.75, 3.05) is 19.0 Å². The van der Waals surface area contributed by atoms with Crippen molar-refractivity contribution in [2.45, 2.75) is 52.1 Å². The number of aromatic nitrogens is 2. The molecule has 0 saturated heterocycles. The van der Waals surface area contributed by atoms with Crippen LogP contribution >= 0.6 is 11.3 Å². The third-order valence-electron chi connectivity index (χ3n) is 4.57. The Bertz CT molecular complexity index is 805. The molecule has 1 aliphatic carbocycles. The van der Waals surface area contributed by atoms with E-state index in [0.717, 1.165) is 41.2 Å². The van der Waals surface area contributed by atoms with Crippen molar-refractivity contribution in [3.8, 4) is 0 Å². The van der Waals surface area contributed by atoms with E-state index in [2.05, 4.69) is 36.5 Å². The molecule has 0 aromatic carbocycles. The maximum Gasteiger partial charge on any atom is 0.163 e. The van der Waals surface area contributed by atoms with Gasteiger partial charge in [0.25, 0.3) is 0 Å². The van der Waals surface area contributed by atoms with Gasteiger partial charge in [-0.3, -0.25) is 0 Å². The van der Waals surface area contributed by atoms with Crippen molar-refractivity contribution < 1.29 is 4.74 Å². The van der Waals surface area contributed by atoms with Crippen molar-refractivity contribution in [3.05, 3.63) is 40.6 Å². The van der Waals surface area contributed by atoms with Crippen LogP contribution in [0, 0.1) is 6.92 Å². The molecule has 3 rings (SSSR count). The zero-order valence-corrected chi connectivity index (χ0v) is 16.4. The standard InChI is InChI=1S/C20H27N3OS/c1-14-13-16-17(21-12-8-11-15-9-6-5-7-10-15)22-19(20(2,3)24-4)23-18(16)25-14/h6,9-10,13H,5,7-8,11-12H2,1-4H3,(H,21,22,23). The maximum atomic E-state index is 5.58. The topological polar surface area (TPSA) is 47.0 Å². The Hall–Kier alpha value is -1.72. The lowest BCUT2D eigenvalue weighted by Crippen LogP contribution is -2.23. The average molecular weight is 358 g/mol. The summed E-state index contributed by atoms with van der Waals surface area (Å²) in [6.07, 6.45) is 11.4. The van der Waals surface area contributed by atoms with Crippen LogP contribution in [0.5, 0.6) is 0 Å². The van der Waals surface area contributed by atoms with E-state index in [1.54, 1.807) is 18.4 Å².